The molecule has 0 rings (SSSR count). The molecule has 0 amide bonds. The van der Waals surface area contributed by atoms with E-state index in [9.17, 15) is 0 Å². The van der Waals surface area contributed by atoms with Gasteiger partial charge in [-0.05, 0) is 25.0 Å². The van der Waals surface area contributed by atoms with Crippen molar-refractivity contribution in [3.8, 4) is 0 Å². The van der Waals surface area contributed by atoms with Gasteiger partial charge in [-0.2, -0.15) is 12.6 Å². The van der Waals surface area contributed by atoms with Gasteiger partial charge < -0.3 is 9.47 Å². The molecule has 16 heavy (non-hydrogen) atoms. The third-order valence-electron chi connectivity index (χ3n) is 2.94. The van der Waals surface area contributed by atoms with Crippen LogP contribution in [0.4, 0.5) is 0 Å². The number of rotatable bonds is 11. The van der Waals surface area contributed by atoms with E-state index in [0.29, 0.717) is 5.41 Å². The standard InChI is InChI=1S/C13H28O2S/c1-4-7-13(12-16,8-5-2)11-15-10-6-9-14-3/h16H,4-12H2,1-3H3. The molecule has 0 aromatic carbocycles. The van der Waals surface area contributed by atoms with E-state index in [2.05, 4.69) is 26.5 Å². The van der Waals surface area contributed by atoms with Crippen LogP contribution in [0.1, 0.15) is 46.0 Å². The summed E-state index contributed by atoms with van der Waals surface area (Å²) in [5.74, 6) is 0.930. The lowest BCUT2D eigenvalue weighted by atomic mass is 9.82. The first-order valence-electron chi connectivity index (χ1n) is 6.42. The molecule has 0 unspecified atom stereocenters. The van der Waals surface area contributed by atoms with Gasteiger partial charge >= 0.3 is 0 Å². The molecule has 0 bridgehead atoms. The molecule has 98 valence electrons. The van der Waals surface area contributed by atoms with Gasteiger partial charge in [0.25, 0.3) is 0 Å². The predicted octanol–water partition coefficient (Wildman–Crippen LogP) is 3.56. The van der Waals surface area contributed by atoms with Gasteiger partial charge in [0, 0.05) is 25.7 Å². The lowest BCUT2D eigenvalue weighted by molar-refractivity contribution is 0.0346. The van der Waals surface area contributed by atoms with E-state index >= 15 is 0 Å². The van der Waals surface area contributed by atoms with Gasteiger partial charge in [0.05, 0.1) is 6.61 Å². The second-order valence-electron chi connectivity index (χ2n) is 4.56. The van der Waals surface area contributed by atoms with E-state index in [1.165, 1.54) is 25.7 Å². The average molecular weight is 248 g/mol. The van der Waals surface area contributed by atoms with Crippen LogP contribution >= 0.6 is 12.6 Å². The van der Waals surface area contributed by atoms with Gasteiger partial charge in [-0.1, -0.05) is 26.7 Å². The summed E-state index contributed by atoms with van der Waals surface area (Å²) in [6.45, 7) is 6.91. The molecule has 0 atom stereocenters. The Balaban J connectivity index is 3.89. The zero-order valence-electron chi connectivity index (χ0n) is 11.1. The minimum atomic E-state index is 0.291. The molecular formula is C13H28O2S. The Kier molecular flexibility index (Phi) is 10.6. The van der Waals surface area contributed by atoms with Crippen molar-refractivity contribution in [2.75, 3.05) is 32.7 Å². The lowest BCUT2D eigenvalue weighted by Crippen LogP contribution is -2.29. The first-order chi connectivity index (χ1) is 7.74. The summed E-state index contributed by atoms with van der Waals surface area (Å²) in [7, 11) is 1.73. The molecule has 0 aromatic rings. The number of hydrogen-bond donors (Lipinski definition) is 1. The van der Waals surface area contributed by atoms with Crippen molar-refractivity contribution in [2.45, 2.75) is 46.0 Å². The maximum atomic E-state index is 5.77. The van der Waals surface area contributed by atoms with Gasteiger partial charge in [0.1, 0.15) is 0 Å². The van der Waals surface area contributed by atoms with E-state index in [-0.39, 0.29) is 0 Å². The van der Waals surface area contributed by atoms with E-state index in [0.717, 1.165) is 32.0 Å². The molecule has 3 heteroatoms. The molecule has 0 fully saturated rings. The van der Waals surface area contributed by atoms with Crippen LogP contribution in [0, 0.1) is 5.41 Å². The fourth-order valence-electron chi connectivity index (χ4n) is 2.13. The molecule has 0 heterocycles. The highest BCUT2D eigenvalue weighted by Gasteiger charge is 2.26. The van der Waals surface area contributed by atoms with Gasteiger partial charge in [-0.15, -0.1) is 0 Å². The summed E-state index contributed by atoms with van der Waals surface area (Å²) < 4.78 is 10.8. The van der Waals surface area contributed by atoms with Crippen LogP contribution in [0.15, 0.2) is 0 Å². The average Bonchev–Trinajstić information content (AvgIpc) is 2.29. The normalized spacial score (nSPS) is 12.0. The Morgan fingerprint density at radius 1 is 1.06 bits per heavy atom. The molecule has 0 radical (unpaired) electrons. The molecule has 0 saturated carbocycles. The van der Waals surface area contributed by atoms with Crippen LogP contribution in [0.25, 0.3) is 0 Å². The zero-order valence-corrected chi connectivity index (χ0v) is 12.0. The molecule has 0 aromatic heterocycles. The van der Waals surface area contributed by atoms with Crippen LogP contribution in [0.5, 0.6) is 0 Å². The molecule has 0 aliphatic carbocycles. The molecule has 2 nitrogen and oxygen atoms in total. The van der Waals surface area contributed by atoms with Crippen molar-refractivity contribution in [3.63, 3.8) is 0 Å². The largest absolute Gasteiger partial charge is 0.385 e. The van der Waals surface area contributed by atoms with E-state index in [4.69, 9.17) is 9.47 Å². The Hall–Kier alpha value is 0.270. The van der Waals surface area contributed by atoms with Gasteiger partial charge in [0.15, 0.2) is 0 Å². The molecule has 0 aliphatic rings. The molecule has 0 aliphatic heterocycles. The highest BCUT2D eigenvalue weighted by Crippen LogP contribution is 2.31. The van der Waals surface area contributed by atoms with Crippen LogP contribution in [-0.2, 0) is 9.47 Å². The lowest BCUT2D eigenvalue weighted by Gasteiger charge is -2.31. The third-order valence-corrected chi connectivity index (χ3v) is 3.61. The van der Waals surface area contributed by atoms with E-state index in [1.54, 1.807) is 7.11 Å². The number of methoxy groups -OCH3 is 1. The zero-order chi connectivity index (χ0) is 12.3. The first kappa shape index (κ1) is 16.3. The molecule has 0 saturated heterocycles. The van der Waals surface area contributed by atoms with E-state index in [1.807, 2.05) is 0 Å². The van der Waals surface area contributed by atoms with Gasteiger partial charge in [-0.3, -0.25) is 0 Å². The van der Waals surface area contributed by atoms with Crippen molar-refractivity contribution in [3.05, 3.63) is 0 Å². The maximum Gasteiger partial charge on any atom is 0.0530 e. The van der Waals surface area contributed by atoms with Crippen molar-refractivity contribution < 1.29 is 9.47 Å². The summed E-state index contributed by atoms with van der Waals surface area (Å²) >= 11 is 4.51. The Labute approximate surface area is 107 Å². The van der Waals surface area contributed by atoms with Crippen LogP contribution in [0.2, 0.25) is 0 Å². The first-order valence-corrected chi connectivity index (χ1v) is 7.05. The summed E-state index contributed by atoms with van der Waals surface area (Å²) in [4.78, 5) is 0. The quantitative estimate of drug-likeness (QED) is 0.445. The number of ether oxygens (including phenoxy) is 2. The van der Waals surface area contributed by atoms with Gasteiger partial charge in [0.2, 0.25) is 0 Å². The smallest absolute Gasteiger partial charge is 0.0530 e. The maximum absolute atomic E-state index is 5.77. The fraction of sp³-hybridized carbons (Fsp3) is 1.00. The molecular weight excluding hydrogens is 220 g/mol. The highest BCUT2D eigenvalue weighted by atomic mass is 32.1. The Bertz CT molecular complexity index is 145. The second kappa shape index (κ2) is 10.4. The molecule has 0 N–H and O–H groups in total. The SMILES string of the molecule is CCCC(CS)(CCC)COCCCOC. The van der Waals surface area contributed by atoms with Crippen LogP contribution in [0.3, 0.4) is 0 Å². The number of thiol groups is 1. The topological polar surface area (TPSA) is 18.5 Å². The minimum absolute atomic E-state index is 0.291. The number of hydrogen-bond acceptors (Lipinski definition) is 3. The minimum Gasteiger partial charge on any atom is -0.385 e. The summed E-state index contributed by atoms with van der Waals surface area (Å²) in [5, 5.41) is 0. The highest BCUT2D eigenvalue weighted by molar-refractivity contribution is 7.80. The molecule has 0 spiro atoms. The summed E-state index contributed by atoms with van der Waals surface area (Å²) in [6, 6.07) is 0. The second-order valence-corrected chi connectivity index (χ2v) is 4.87. The summed E-state index contributed by atoms with van der Waals surface area (Å²) in [6.07, 6.45) is 5.84. The van der Waals surface area contributed by atoms with Crippen molar-refractivity contribution in [2.24, 2.45) is 5.41 Å². The van der Waals surface area contributed by atoms with Crippen molar-refractivity contribution in [1.29, 1.82) is 0 Å². The van der Waals surface area contributed by atoms with Crippen LogP contribution in [-0.4, -0.2) is 32.7 Å². The van der Waals surface area contributed by atoms with Crippen LogP contribution < -0.4 is 0 Å². The third kappa shape index (κ3) is 6.77. The monoisotopic (exact) mass is 248 g/mol. The predicted molar refractivity (Wildman–Crippen MR) is 73.4 cm³/mol. The van der Waals surface area contributed by atoms with Crippen molar-refractivity contribution >= 4 is 12.6 Å². The Morgan fingerprint density at radius 2 is 1.69 bits per heavy atom. The van der Waals surface area contributed by atoms with Gasteiger partial charge in [-0.25, -0.2) is 0 Å². The van der Waals surface area contributed by atoms with Crippen molar-refractivity contribution in [1.82, 2.24) is 0 Å². The Morgan fingerprint density at radius 3 is 2.12 bits per heavy atom. The summed E-state index contributed by atoms with van der Waals surface area (Å²) in [5.41, 5.74) is 0.291. The fourth-order valence-corrected chi connectivity index (χ4v) is 2.54. The van der Waals surface area contributed by atoms with E-state index < -0.39 is 0 Å².